The molecule has 25 heavy (non-hydrogen) atoms. The summed E-state index contributed by atoms with van der Waals surface area (Å²) < 4.78 is 7.87. The lowest BCUT2D eigenvalue weighted by Crippen LogP contribution is -2.33. The molecule has 1 amide bonds. The van der Waals surface area contributed by atoms with Gasteiger partial charge >= 0.3 is 0 Å². The molecule has 0 bridgehead atoms. The van der Waals surface area contributed by atoms with E-state index in [1.165, 1.54) is 12.8 Å². The Morgan fingerprint density at radius 3 is 2.76 bits per heavy atom. The second-order valence-electron chi connectivity index (χ2n) is 6.26. The summed E-state index contributed by atoms with van der Waals surface area (Å²) >= 11 is 5.32. The van der Waals surface area contributed by atoms with Crippen LogP contribution in [0, 0.1) is 4.77 Å². The van der Waals surface area contributed by atoms with Crippen molar-refractivity contribution in [1.29, 1.82) is 0 Å². The highest BCUT2D eigenvalue weighted by atomic mass is 32.1. The number of benzene rings is 1. The van der Waals surface area contributed by atoms with E-state index in [1.54, 1.807) is 0 Å². The van der Waals surface area contributed by atoms with Gasteiger partial charge in [-0.3, -0.25) is 14.5 Å². The van der Waals surface area contributed by atoms with Crippen LogP contribution in [-0.4, -0.2) is 33.3 Å². The maximum Gasteiger partial charge on any atom is 0.222 e. The van der Waals surface area contributed by atoms with Gasteiger partial charge in [-0.2, -0.15) is 5.10 Å². The fraction of sp³-hybridized carbons (Fsp3) is 0.500. The van der Waals surface area contributed by atoms with Crippen LogP contribution in [0.2, 0.25) is 0 Å². The van der Waals surface area contributed by atoms with Crippen LogP contribution in [0.1, 0.15) is 39.0 Å². The van der Waals surface area contributed by atoms with Gasteiger partial charge in [-0.15, -0.1) is 0 Å². The van der Waals surface area contributed by atoms with Crippen LogP contribution < -0.4 is 10.1 Å². The van der Waals surface area contributed by atoms with Gasteiger partial charge in [0.2, 0.25) is 5.91 Å². The van der Waals surface area contributed by atoms with Crippen molar-refractivity contribution in [2.75, 3.05) is 6.61 Å². The monoisotopic (exact) mass is 360 g/mol. The Kier molecular flexibility index (Phi) is 5.86. The number of aromatic amines is 1. The Morgan fingerprint density at radius 2 is 2.08 bits per heavy atom. The highest BCUT2D eigenvalue weighted by molar-refractivity contribution is 7.71. The number of ether oxygens (including phenoxy) is 1. The molecule has 134 valence electrons. The van der Waals surface area contributed by atoms with Crippen molar-refractivity contribution >= 4 is 18.1 Å². The third-order valence-electron chi connectivity index (χ3n) is 4.46. The molecule has 3 rings (SSSR count). The molecule has 1 aromatic heterocycles. The first-order chi connectivity index (χ1) is 12.2. The van der Waals surface area contributed by atoms with Gasteiger partial charge < -0.3 is 10.1 Å². The lowest BCUT2D eigenvalue weighted by atomic mass is 10.2. The molecule has 7 heteroatoms. The van der Waals surface area contributed by atoms with Crippen molar-refractivity contribution in [3.05, 3.63) is 29.0 Å². The predicted octanol–water partition coefficient (Wildman–Crippen LogP) is 3.46. The second-order valence-corrected chi connectivity index (χ2v) is 6.65. The molecule has 0 atom stereocenters. The molecule has 0 radical (unpaired) electrons. The van der Waals surface area contributed by atoms with Gasteiger partial charge in [0.1, 0.15) is 5.75 Å². The van der Waals surface area contributed by atoms with Gasteiger partial charge in [0.15, 0.2) is 10.6 Å². The fourth-order valence-corrected chi connectivity index (χ4v) is 3.42. The van der Waals surface area contributed by atoms with E-state index in [2.05, 4.69) is 15.5 Å². The first kappa shape index (κ1) is 17.7. The predicted molar refractivity (Wildman–Crippen MR) is 99.0 cm³/mol. The number of nitrogens with one attached hydrogen (secondary N) is 2. The van der Waals surface area contributed by atoms with Gasteiger partial charge in [0, 0.05) is 24.6 Å². The molecule has 1 aliphatic rings. The van der Waals surface area contributed by atoms with Crippen LogP contribution in [0.3, 0.4) is 0 Å². The molecule has 1 saturated carbocycles. The summed E-state index contributed by atoms with van der Waals surface area (Å²) in [5.74, 6) is 1.64. The molecule has 0 saturated heterocycles. The standard InChI is InChI=1S/C18H24N4O2S/c1-2-24-15-9-7-13(8-10-15)17-20-21-18(25)22(17)12-11-16(23)19-14-5-3-4-6-14/h7-10,14H,2-6,11-12H2,1H3,(H,19,23)(H,21,25). The minimum Gasteiger partial charge on any atom is -0.494 e. The zero-order valence-electron chi connectivity index (χ0n) is 14.5. The lowest BCUT2D eigenvalue weighted by Gasteiger charge is -2.12. The minimum absolute atomic E-state index is 0.0765. The topological polar surface area (TPSA) is 71.9 Å². The lowest BCUT2D eigenvalue weighted by molar-refractivity contribution is -0.122. The largest absolute Gasteiger partial charge is 0.494 e. The number of amides is 1. The van der Waals surface area contributed by atoms with Gasteiger partial charge in [-0.1, -0.05) is 12.8 Å². The number of carbonyl (C=O) groups is 1. The van der Waals surface area contributed by atoms with Gasteiger partial charge in [-0.25, -0.2) is 0 Å². The van der Waals surface area contributed by atoms with Crippen LogP contribution in [0.25, 0.3) is 11.4 Å². The molecule has 1 aliphatic carbocycles. The summed E-state index contributed by atoms with van der Waals surface area (Å²) in [6.07, 6.45) is 5.00. The van der Waals surface area contributed by atoms with E-state index in [0.29, 0.717) is 30.4 Å². The molecule has 0 aliphatic heterocycles. The van der Waals surface area contributed by atoms with E-state index in [0.717, 1.165) is 30.0 Å². The highest BCUT2D eigenvalue weighted by Gasteiger charge is 2.17. The Bertz CT molecular complexity index is 760. The number of nitrogens with zero attached hydrogens (tertiary/aromatic N) is 2. The second kappa shape index (κ2) is 8.29. The summed E-state index contributed by atoms with van der Waals surface area (Å²) in [4.78, 5) is 12.2. The van der Waals surface area contributed by atoms with Crippen molar-refractivity contribution in [1.82, 2.24) is 20.1 Å². The van der Waals surface area contributed by atoms with Gasteiger partial charge in [0.05, 0.1) is 6.61 Å². The fourth-order valence-electron chi connectivity index (χ4n) is 3.20. The first-order valence-electron chi connectivity index (χ1n) is 8.85. The van der Waals surface area contributed by atoms with Crippen LogP contribution >= 0.6 is 12.2 Å². The Hall–Kier alpha value is -2.15. The zero-order valence-corrected chi connectivity index (χ0v) is 15.3. The van der Waals surface area contributed by atoms with E-state index in [9.17, 15) is 4.79 Å². The number of H-pyrrole nitrogens is 1. The summed E-state index contributed by atoms with van der Waals surface area (Å²) in [5, 5.41) is 10.2. The van der Waals surface area contributed by atoms with E-state index in [1.807, 2.05) is 35.8 Å². The maximum atomic E-state index is 12.2. The zero-order chi connectivity index (χ0) is 17.6. The molecule has 2 N–H and O–H groups in total. The Labute approximate surface area is 152 Å². The normalized spacial score (nSPS) is 14.6. The van der Waals surface area contributed by atoms with Crippen molar-refractivity contribution in [3.63, 3.8) is 0 Å². The Morgan fingerprint density at radius 1 is 1.36 bits per heavy atom. The van der Waals surface area contributed by atoms with E-state index >= 15 is 0 Å². The smallest absolute Gasteiger partial charge is 0.222 e. The summed E-state index contributed by atoms with van der Waals surface area (Å²) in [7, 11) is 0. The average Bonchev–Trinajstić information content (AvgIpc) is 3.24. The molecule has 0 unspecified atom stereocenters. The van der Waals surface area contributed by atoms with Crippen LogP contribution in [0.15, 0.2) is 24.3 Å². The van der Waals surface area contributed by atoms with Gasteiger partial charge in [-0.05, 0) is 56.2 Å². The number of rotatable bonds is 7. The number of hydrogen-bond donors (Lipinski definition) is 2. The molecule has 6 nitrogen and oxygen atoms in total. The van der Waals surface area contributed by atoms with Crippen LogP contribution in [0.5, 0.6) is 5.75 Å². The van der Waals surface area contributed by atoms with Crippen molar-refractivity contribution in [2.45, 2.75) is 51.6 Å². The molecule has 1 aromatic carbocycles. The summed E-state index contributed by atoms with van der Waals surface area (Å²) in [6.45, 7) is 3.10. The van der Waals surface area contributed by atoms with E-state index < -0.39 is 0 Å². The summed E-state index contributed by atoms with van der Waals surface area (Å²) in [5.41, 5.74) is 0.937. The quantitative estimate of drug-likeness (QED) is 0.742. The molecule has 1 heterocycles. The number of aromatic nitrogens is 3. The third kappa shape index (κ3) is 4.48. The molecule has 2 aromatic rings. The minimum atomic E-state index is 0.0765. The third-order valence-corrected chi connectivity index (χ3v) is 4.78. The molecular formula is C18H24N4O2S. The van der Waals surface area contributed by atoms with Crippen molar-refractivity contribution in [3.8, 4) is 17.1 Å². The highest BCUT2D eigenvalue weighted by Crippen LogP contribution is 2.22. The van der Waals surface area contributed by atoms with Crippen molar-refractivity contribution < 1.29 is 9.53 Å². The summed E-state index contributed by atoms with van der Waals surface area (Å²) in [6, 6.07) is 8.06. The Balaban J connectivity index is 1.66. The van der Waals surface area contributed by atoms with Crippen LogP contribution in [0.4, 0.5) is 0 Å². The van der Waals surface area contributed by atoms with E-state index in [-0.39, 0.29) is 5.91 Å². The molecule has 0 spiro atoms. The first-order valence-corrected chi connectivity index (χ1v) is 9.26. The van der Waals surface area contributed by atoms with Crippen LogP contribution in [-0.2, 0) is 11.3 Å². The van der Waals surface area contributed by atoms with E-state index in [4.69, 9.17) is 17.0 Å². The number of carbonyl (C=O) groups excluding carboxylic acids is 1. The maximum absolute atomic E-state index is 12.2. The molecule has 1 fully saturated rings. The van der Waals surface area contributed by atoms with Gasteiger partial charge in [0.25, 0.3) is 0 Å². The number of hydrogen-bond acceptors (Lipinski definition) is 4. The SMILES string of the molecule is CCOc1ccc(-c2n[nH]c(=S)n2CCC(=O)NC2CCCC2)cc1. The molecular weight excluding hydrogens is 336 g/mol. The van der Waals surface area contributed by atoms with Crippen molar-refractivity contribution in [2.24, 2.45) is 0 Å². The average molecular weight is 360 g/mol.